The van der Waals surface area contributed by atoms with Crippen LogP contribution in [0.1, 0.15) is 72.1 Å². The number of carbonyl (C=O) groups is 5. The number of carbonyl (C=O) groups excluding carboxylic acids is 5. The molecule has 2 atom stereocenters. The molecule has 0 heterocycles. The smallest absolute Gasteiger partial charge is 0.240 e. The summed E-state index contributed by atoms with van der Waals surface area (Å²) in [6.45, 7) is 6.47. The third-order valence-corrected chi connectivity index (χ3v) is 4.56. The summed E-state index contributed by atoms with van der Waals surface area (Å²) < 4.78 is 0. The third-order valence-electron chi connectivity index (χ3n) is 4.56. The molecule has 10 nitrogen and oxygen atoms in total. The first kappa shape index (κ1) is 28.5. The van der Waals surface area contributed by atoms with Crippen LogP contribution in [0.4, 0.5) is 0 Å². The lowest BCUT2D eigenvalue weighted by molar-refractivity contribution is -0.127. The molecular weight excluding hydrogens is 402 g/mol. The van der Waals surface area contributed by atoms with Crippen LogP contribution in [0.25, 0.3) is 0 Å². The van der Waals surface area contributed by atoms with Gasteiger partial charge in [0, 0.05) is 26.3 Å². The molecule has 0 aliphatic carbocycles. The molecule has 4 amide bonds. The first-order chi connectivity index (χ1) is 14.7. The molecule has 0 radical (unpaired) electrons. The third kappa shape index (κ3) is 15.0. The highest BCUT2D eigenvalue weighted by atomic mass is 16.2. The van der Waals surface area contributed by atoms with E-state index >= 15 is 0 Å². The molecule has 0 spiro atoms. The fourth-order valence-electron chi connectivity index (χ4n) is 2.95. The summed E-state index contributed by atoms with van der Waals surface area (Å²) in [5.41, 5.74) is 5.35. The molecule has 0 bridgehead atoms. The van der Waals surface area contributed by atoms with Crippen LogP contribution in [0, 0.1) is 0 Å². The van der Waals surface area contributed by atoms with E-state index in [-0.39, 0.29) is 42.9 Å². The second-order valence-corrected chi connectivity index (χ2v) is 7.55. The fraction of sp³-hybridized carbons (Fsp3) is 0.762. The van der Waals surface area contributed by atoms with Crippen LogP contribution in [0.2, 0.25) is 0 Å². The van der Waals surface area contributed by atoms with Crippen molar-refractivity contribution >= 4 is 29.4 Å². The van der Waals surface area contributed by atoms with E-state index in [1.54, 1.807) is 0 Å². The number of Topliss-reactive ketones (excluding diaryl/α,β-unsaturated/α-hetero) is 1. The zero-order valence-corrected chi connectivity index (χ0v) is 19.1. The number of unbranched alkanes of at least 4 members (excludes halogenated alkanes) is 1. The van der Waals surface area contributed by atoms with Gasteiger partial charge in [0.05, 0.1) is 12.6 Å². The van der Waals surface area contributed by atoms with E-state index in [2.05, 4.69) is 21.3 Å². The van der Waals surface area contributed by atoms with E-state index in [1.165, 1.54) is 6.92 Å². The summed E-state index contributed by atoms with van der Waals surface area (Å²) in [6, 6.07) is -1.38. The topological polar surface area (TPSA) is 159 Å². The van der Waals surface area contributed by atoms with Gasteiger partial charge in [0.1, 0.15) is 6.04 Å². The number of ketones is 1. The Labute approximate surface area is 184 Å². The minimum atomic E-state index is -0.741. The minimum absolute atomic E-state index is 0.0741. The lowest BCUT2D eigenvalue weighted by Crippen LogP contribution is -2.47. The van der Waals surface area contributed by atoms with Gasteiger partial charge < -0.3 is 27.0 Å². The average molecular weight is 442 g/mol. The highest BCUT2D eigenvalue weighted by Gasteiger charge is 2.20. The standard InChI is InChI=1S/C21H39N5O5/c1-4-8-18(28)16(25-15(3)27)10-11-19(29)24-13-7-6-9-17(21(22)31)26-20(30)14-23-12-5-2/h16-17,23H,4-14H2,1-3H3,(H2,22,31)(H,24,29)(H,25,27)(H,26,30). The van der Waals surface area contributed by atoms with Crippen molar-refractivity contribution in [2.45, 2.75) is 84.2 Å². The molecule has 178 valence electrons. The van der Waals surface area contributed by atoms with Crippen LogP contribution >= 0.6 is 0 Å². The Bertz CT molecular complexity index is 597. The van der Waals surface area contributed by atoms with Gasteiger partial charge in [0.15, 0.2) is 5.78 Å². The summed E-state index contributed by atoms with van der Waals surface area (Å²) in [7, 11) is 0. The summed E-state index contributed by atoms with van der Waals surface area (Å²) in [5, 5.41) is 10.9. The monoisotopic (exact) mass is 441 g/mol. The van der Waals surface area contributed by atoms with Crippen molar-refractivity contribution in [3.8, 4) is 0 Å². The van der Waals surface area contributed by atoms with E-state index in [0.717, 1.165) is 6.42 Å². The van der Waals surface area contributed by atoms with Gasteiger partial charge in [-0.15, -0.1) is 0 Å². The molecule has 6 N–H and O–H groups in total. The Hall–Kier alpha value is -2.49. The van der Waals surface area contributed by atoms with Gasteiger partial charge in [0.2, 0.25) is 23.6 Å². The van der Waals surface area contributed by atoms with Crippen LogP contribution in [-0.2, 0) is 24.0 Å². The van der Waals surface area contributed by atoms with Crippen LogP contribution in [0.3, 0.4) is 0 Å². The summed E-state index contributed by atoms with van der Waals surface area (Å²) in [4.78, 5) is 58.6. The van der Waals surface area contributed by atoms with Gasteiger partial charge in [-0.3, -0.25) is 24.0 Å². The number of hydrogen-bond donors (Lipinski definition) is 5. The van der Waals surface area contributed by atoms with Gasteiger partial charge in [-0.2, -0.15) is 0 Å². The summed E-state index contributed by atoms with van der Waals surface area (Å²) in [5.74, 6) is -1.45. The maximum Gasteiger partial charge on any atom is 0.240 e. The van der Waals surface area contributed by atoms with Crippen molar-refractivity contribution in [1.82, 2.24) is 21.3 Å². The van der Waals surface area contributed by atoms with Gasteiger partial charge >= 0.3 is 0 Å². The van der Waals surface area contributed by atoms with Crippen LogP contribution in [0.5, 0.6) is 0 Å². The van der Waals surface area contributed by atoms with Gasteiger partial charge in [-0.25, -0.2) is 0 Å². The number of rotatable bonds is 18. The number of primary amides is 1. The fourth-order valence-corrected chi connectivity index (χ4v) is 2.95. The number of nitrogens with two attached hydrogens (primary N) is 1. The van der Waals surface area contributed by atoms with Crippen LogP contribution in [0.15, 0.2) is 0 Å². The normalized spacial score (nSPS) is 12.5. The minimum Gasteiger partial charge on any atom is -0.368 e. The molecule has 2 unspecified atom stereocenters. The zero-order chi connectivity index (χ0) is 23.6. The van der Waals surface area contributed by atoms with Crippen molar-refractivity contribution in [3.63, 3.8) is 0 Å². The Balaban J connectivity index is 4.18. The molecule has 0 aromatic rings. The first-order valence-electron chi connectivity index (χ1n) is 11.1. The zero-order valence-electron chi connectivity index (χ0n) is 19.1. The maximum atomic E-state index is 12.0. The quantitative estimate of drug-likeness (QED) is 0.187. The average Bonchev–Trinajstić information content (AvgIpc) is 2.69. The molecule has 0 saturated carbocycles. The molecule has 0 saturated heterocycles. The molecule has 0 aliphatic heterocycles. The Morgan fingerprint density at radius 2 is 1.52 bits per heavy atom. The van der Waals surface area contributed by atoms with E-state index < -0.39 is 18.0 Å². The highest BCUT2D eigenvalue weighted by molar-refractivity contribution is 5.89. The van der Waals surface area contributed by atoms with Crippen molar-refractivity contribution in [3.05, 3.63) is 0 Å². The molecule has 0 aliphatic rings. The van der Waals surface area contributed by atoms with E-state index in [0.29, 0.717) is 45.2 Å². The largest absolute Gasteiger partial charge is 0.368 e. The van der Waals surface area contributed by atoms with Crippen molar-refractivity contribution in [2.24, 2.45) is 5.73 Å². The van der Waals surface area contributed by atoms with Crippen molar-refractivity contribution < 1.29 is 24.0 Å². The van der Waals surface area contributed by atoms with Crippen molar-refractivity contribution in [2.75, 3.05) is 19.6 Å². The summed E-state index contributed by atoms with van der Waals surface area (Å²) in [6.07, 6.45) is 3.94. The Morgan fingerprint density at radius 3 is 2.10 bits per heavy atom. The molecule has 31 heavy (non-hydrogen) atoms. The molecule has 10 heteroatoms. The predicted molar refractivity (Wildman–Crippen MR) is 118 cm³/mol. The van der Waals surface area contributed by atoms with Crippen LogP contribution in [-0.4, -0.2) is 61.1 Å². The predicted octanol–water partition coefficient (Wildman–Crippen LogP) is -0.103. The lowest BCUT2D eigenvalue weighted by atomic mass is 10.0. The van der Waals surface area contributed by atoms with Crippen LogP contribution < -0.4 is 27.0 Å². The molecule has 0 rings (SSSR count). The van der Waals surface area contributed by atoms with E-state index in [9.17, 15) is 24.0 Å². The second-order valence-electron chi connectivity index (χ2n) is 7.55. The van der Waals surface area contributed by atoms with Gasteiger partial charge in [-0.1, -0.05) is 13.8 Å². The SMILES string of the molecule is CCCNCC(=O)NC(CCCCNC(=O)CCC(NC(C)=O)C(=O)CCC)C(N)=O. The Morgan fingerprint density at radius 1 is 0.806 bits per heavy atom. The van der Waals surface area contributed by atoms with E-state index in [4.69, 9.17) is 5.73 Å². The second kappa shape index (κ2) is 17.2. The first-order valence-corrected chi connectivity index (χ1v) is 11.1. The lowest BCUT2D eigenvalue weighted by Gasteiger charge is -2.17. The molecule has 0 aromatic carbocycles. The number of hydrogen-bond acceptors (Lipinski definition) is 6. The van der Waals surface area contributed by atoms with E-state index in [1.807, 2.05) is 13.8 Å². The maximum absolute atomic E-state index is 12.0. The number of nitrogens with one attached hydrogen (secondary N) is 4. The van der Waals surface area contributed by atoms with Crippen molar-refractivity contribution in [1.29, 1.82) is 0 Å². The van der Waals surface area contributed by atoms with Gasteiger partial charge in [0.25, 0.3) is 0 Å². The highest BCUT2D eigenvalue weighted by Crippen LogP contribution is 2.05. The molecule has 0 fully saturated rings. The summed E-state index contributed by atoms with van der Waals surface area (Å²) >= 11 is 0. The number of amides is 4. The Kier molecular flexibility index (Phi) is 15.8. The molecular formula is C21H39N5O5. The van der Waals surface area contributed by atoms with Gasteiger partial charge in [-0.05, 0) is 45.1 Å². The molecule has 0 aromatic heterocycles.